The lowest BCUT2D eigenvalue weighted by molar-refractivity contribution is 0.391. The van der Waals surface area contributed by atoms with E-state index in [1.807, 2.05) is 12.1 Å². The number of nitrogens with zero attached hydrogens (tertiary/aromatic N) is 2. The van der Waals surface area contributed by atoms with Crippen LogP contribution in [-0.4, -0.2) is 44.7 Å². The monoisotopic (exact) mass is 360 g/mol. The van der Waals surface area contributed by atoms with Crippen LogP contribution in [0, 0.1) is 0 Å². The molecule has 1 aromatic rings. The van der Waals surface area contributed by atoms with Gasteiger partial charge in [0.25, 0.3) is 0 Å². The van der Waals surface area contributed by atoms with Crippen molar-refractivity contribution in [3.63, 3.8) is 0 Å². The lowest BCUT2D eigenvalue weighted by Crippen LogP contribution is -2.41. The highest BCUT2D eigenvalue weighted by Crippen LogP contribution is 2.30. The van der Waals surface area contributed by atoms with Crippen LogP contribution in [0.2, 0.25) is 0 Å². The summed E-state index contributed by atoms with van der Waals surface area (Å²) in [5.41, 5.74) is 1.10. The third-order valence-corrected chi connectivity index (χ3v) is 5.97. The van der Waals surface area contributed by atoms with Crippen molar-refractivity contribution in [3.05, 3.63) is 24.3 Å². The summed E-state index contributed by atoms with van der Waals surface area (Å²) in [5, 5.41) is 0.918. The summed E-state index contributed by atoms with van der Waals surface area (Å²) in [6.45, 7) is 0.949. The standard InChI is InChI=1S/C14H21BrN2O2S/c1-16(2)20(18,19)14-8-6-13(7-9-14)17(11-10-15)12-4-3-5-12/h6-9,12H,3-5,10-11H2,1-2H3. The van der Waals surface area contributed by atoms with Crippen LogP contribution in [0.4, 0.5) is 5.69 Å². The number of rotatable bonds is 6. The molecule has 1 fully saturated rings. The molecule has 2 rings (SSSR count). The van der Waals surface area contributed by atoms with Gasteiger partial charge in [0.1, 0.15) is 0 Å². The summed E-state index contributed by atoms with van der Waals surface area (Å²) < 4.78 is 25.3. The fourth-order valence-corrected chi connectivity index (χ4v) is 3.62. The maximum absolute atomic E-state index is 12.0. The van der Waals surface area contributed by atoms with E-state index in [2.05, 4.69) is 20.8 Å². The number of alkyl halides is 1. The maximum Gasteiger partial charge on any atom is 0.242 e. The van der Waals surface area contributed by atoms with Crippen molar-refractivity contribution in [3.8, 4) is 0 Å². The van der Waals surface area contributed by atoms with Crippen LogP contribution in [-0.2, 0) is 10.0 Å². The second-order valence-corrected chi connectivity index (χ2v) is 8.19. The fraction of sp³-hybridized carbons (Fsp3) is 0.571. The molecule has 0 unspecified atom stereocenters. The number of hydrogen-bond acceptors (Lipinski definition) is 3. The first-order chi connectivity index (χ1) is 9.46. The first-order valence-corrected chi connectivity index (χ1v) is 9.38. The number of benzene rings is 1. The van der Waals surface area contributed by atoms with Crippen LogP contribution >= 0.6 is 15.9 Å². The van der Waals surface area contributed by atoms with Crippen LogP contribution in [0.5, 0.6) is 0 Å². The van der Waals surface area contributed by atoms with Crippen LogP contribution in [0.3, 0.4) is 0 Å². The summed E-state index contributed by atoms with van der Waals surface area (Å²) in [7, 11) is -0.237. The SMILES string of the molecule is CN(C)S(=O)(=O)c1ccc(N(CCBr)C2CCC2)cc1. The van der Waals surface area contributed by atoms with Crippen molar-refractivity contribution in [2.24, 2.45) is 0 Å². The van der Waals surface area contributed by atoms with Gasteiger partial charge in [-0.05, 0) is 43.5 Å². The van der Waals surface area contributed by atoms with Crippen molar-refractivity contribution in [1.82, 2.24) is 4.31 Å². The zero-order valence-corrected chi connectivity index (χ0v) is 14.3. The molecule has 0 bridgehead atoms. The molecule has 0 N–H and O–H groups in total. The van der Waals surface area contributed by atoms with Gasteiger partial charge in [-0.15, -0.1) is 0 Å². The average Bonchev–Trinajstić information content (AvgIpc) is 2.36. The van der Waals surface area contributed by atoms with Crippen molar-refractivity contribution < 1.29 is 8.42 Å². The number of hydrogen-bond donors (Lipinski definition) is 0. The molecule has 0 radical (unpaired) electrons. The van der Waals surface area contributed by atoms with Gasteiger partial charge in [0, 0.05) is 37.7 Å². The minimum atomic E-state index is -3.34. The zero-order valence-electron chi connectivity index (χ0n) is 11.9. The lowest BCUT2D eigenvalue weighted by Gasteiger charge is -2.39. The summed E-state index contributed by atoms with van der Waals surface area (Å²) in [5.74, 6) is 0. The first-order valence-electron chi connectivity index (χ1n) is 6.82. The highest BCUT2D eigenvalue weighted by atomic mass is 79.9. The fourth-order valence-electron chi connectivity index (χ4n) is 2.33. The van der Waals surface area contributed by atoms with Gasteiger partial charge in [-0.1, -0.05) is 15.9 Å². The van der Waals surface area contributed by atoms with Crippen molar-refractivity contribution >= 4 is 31.6 Å². The Morgan fingerprint density at radius 1 is 1.20 bits per heavy atom. The van der Waals surface area contributed by atoms with Gasteiger partial charge in [0.05, 0.1) is 4.90 Å². The molecule has 0 aromatic heterocycles. The molecular formula is C14H21BrN2O2S. The normalized spacial score (nSPS) is 16.2. The molecule has 0 spiro atoms. The Bertz CT molecular complexity index is 539. The predicted molar refractivity (Wildman–Crippen MR) is 86.1 cm³/mol. The molecule has 6 heteroatoms. The molecular weight excluding hydrogens is 340 g/mol. The average molecular weight is 361 g/mol. The van der Waals surface area contributed by atoms with Crippen molar-refractivity contribution in [1.29, 1.82) is 0 Å². The molecule has 0 heterocycles. The Morgan fingerprint density at radius 3 is 2.20 bits per heavy atom. The van der Waals surface area contributed by atoms with Gasteiger partial charge in [-0.3, -0.25) is 0 Å². The van der Waals surface area contributed by atoms with E-state index in [0.29, 0.717) is 10.9 Å². The third kappa shape index (κ3) is 3.18. The van der Waals surface area contributed by atoms with Gasteiger partial charge >= 0.3 is 0 Å². The molecule has 0 amide bonds. The molecule has 4 nitrogen and oxygen atoms in total. The maximum atomic E-state index is 12.0. The largest absolute Gasteiger partial charge is 0.368 e. The third-order valence-electron chi connectivity index (χ3n) is 3.79. The predicted octanol–water partition coefficient (Wildman–Crippen LogP) is 2.69. The van der Waals surface area contributed by atoms with Gasteiger partial charge < -0.3 is 4.90 Å². The van der Waals surface area contributed by atoms with Gasteiger partial charge in [0.15, 0.2) is 0 Å². The smallest absolute Gasteiger partial charge is 0.242 e. The second-order valence-electron chi connectivity index (χ2n) is 5.25. The molecule has 112 valence electrons. The van der Waals surface area contributed by atoms with E-state index >= 15 is 0 Å². The first kappa shape index (κ1) is 15.8. The number of anilines is 1. The molecule has 0 atom stereocenters. The van der Waals surface area contributed by atoms with E-state index in [0.717, 1.165) is 17.6 Å². The molecule has 0 aliphatic heterocycles. The zero-order chi connectivity index (χ0) is 14.8. The Labute approximate surface area is 129 Å². The molecule has 20 heavy (non-hydrogen) atoms. The summed E-state index contributed by atoms with van der Waals surface area (Å²) >= 11 is 3.49. The summed E-state index contributed by atoms with van der Waals surface area (Å²) in [6.07, 6.45) is 3.74. The second kappa shape index (κ2) is 6.45. The van der Waals surface area contributed by atoms with Crippen LogP contribution in [0.15, 0.2) is 29.2 Å². The van der Waals surface area contributed by atoms with Crippen LogP contribution in [0.1, 0.15) is 19.3 Å². The lowest BCUT2D eigenvalue weighted by atomic mass is 9.91. The van der Waals surface area contributed by atoms with Gasteiger partial charge in [-0.25, -0.2) is 12.7 Å². The molecule has 1 saturated carbocycles. The van der Waals surface area contributed by atoms with E-state index in [1.165, 1.54) is 23.6 Å². The van der Waals surface area contributed by atoms with E-state index in [9.17, 15) is 8.42 Å². The van der Waals surface area contributed by atoms with E-state index in [-0.39, 0.29) is 0 Å². The highest BCUT2D eigenvalue weighted by Gasteiger charge is 2.25. The minimum Gasteiger partial charge on any atom is -0.368 e. The number of sulfonamides is 1. The Kier molecular flexibility index (Phi) is 5.09. The molecule has 1 aliphatic rings. The quantitative estimate of drug-likeness (QED) is 0.732. The summed E-state index contributed by atoms with van der Waals surface area (Å²) in [6, 6.07) is 7.83. The van der Waals surface area contributed by atoms with Crippen LogP contribution < -0.4 is 4.90 Å². The van der Waals surface area contributed by atoms with Crippen molar-refractivity contribution in [2.45, 2.75) is 30.2 Å². The minimum absolute atomic E-state index is 0.346. The molecule has 1 aliphatic carbocycles. The Balaban J connectivity index is 2.22. The van der Waals surface area contributed by atoms with E-state index in [1.54, 1.807) is 26.2 Å². The molecule has 1 aromatic carbocycles. The molecule has 0 saturated heterocycles. The van der Waals surface area contributed by atoms with Crippen LogP contribution in [0.25, 0.3) is 0 Å². The Morgan fingerprint density at radius 2 is 1.80 bits per heavy atom. The topological polar surface area (TPSA) is 40.6 Å². The summed E-state index contributed by atoms with van der Waals surface area (Å²) in [4.78, 5) is 2.71. The Hall–Kier alpha value is -0.590. The number of halogens is 1. The van der Waals surface area contributed by atoms with Gasteiger partial charge in [0.2, 0.25) is 10.0 Å². The van der Waals surface area contributed by atoms with E-state index < -0.39 is 10.0 Å². The van der Waals surface area contributed by atoms with Gasteiger partial charge in [-0.2, -0.15) is 0 Å². The van der Waals surface area contributed by atoms with Crippen molar-refractivity contribution in [2.75, 3.05) is 30.9 Å². The van der Waals surface area contributed by atoms with E-state index in [4.69, 9.17) is 0 Å². The highest BCUT2D eigenvalue weighted by molar-refractivity contribution is 9.09.